The zero-order chi connectivity index (χ0) is 15.6. The normalized spacial score (nSPS) is 11.0. The molecule has 0 fully saturated rings. The molecule has 0 aliphatic heterocycles. The van der Waals surface area contributed by atoms with Gasteiger partial charge in [-0.05, 0) is 17.5 Å². The minimum Gasteiger partial charge on any atom is -0.333 e. The van der Waals surface area contributed by atoms with Crippen LogP contribution in [0.15, 0.2) is 49.8 Å². The van der Waals surface area contributed by atoms with E-state index >= 15 is 0 Å². The van der Waals surface area contributed by atoms with E-state index in [1.807, 2.05) is 17.5 Å². The van der Waals surface area contributed by atoms with Gasteiger partial charge < -0.3 is 4.52 Å². The fourth-order valence-corrected chi connectivity index (χ4v) is 2.59. The summed E-state index contributed by atoms with van der Waals surface area (Å²) in [6.07, 6.45) is 3.10. The summed E-state index contributed by atoms with van der Waals surface area (Å²) in [5.74, 6) is 0.571. The maximum Gasteiger partial charge on any atom is 0.442 e. The summed E-state index contributed by atoms with van der Waals surface area (Å²) in [5.41, 5.74) is 0. The number of nitrogens with zero attached hydrogens (tertiary/aromatic N) is 6. The van der Waals surface area contributed by atoms with E-state index in [1.165, 1.54) is 15.9 Å². The van der Waals surface area contributed by atoms with Gasteiger partial charge >= 0.3 is 5.76 Å². The first-order valence-electron chi connectivity index (χ1n) is 6.51. The van der Waals surface area contributed by atoms with Crippen LogP contribution in [0.2, 0.25) is 0 Å². The van der Waals surface area contributed by atoms with E-state index in [1.54, 1.807) is 18.5 Å². The first-order valence-corrected chi connectivity index (χ1v) is 7.39. The second kappa shape index (κ2) is 5.57. The summed E-state index contributed by atoms with van der Waals surface area (Å²) >= 11 is 1.48. The molecule has 0 aliphatic carbocycles. The van der Waals surface area contributed by atoms with Crippen molar-refractivity contribution in [2.75, 3.05) is 0 Å². The topological polar surface area (TPSA) is 113 Å². The lowest BCUT2D eigenvalue weighted by atomic mass is 10.4. The monoisotopic (exact) mass is 328 g/mol. The van der Waals surface area contributed by atoms with E-state index in [9.17, 15) is 4.79 Å². The maximum absolute atomic E-state index is 11.8. The summed E-state index contributed by atoms with van der Waals surface area (Å²) in [7, 11) is 0. The number of aromatic nitrogens is 6. The van der Waals surface area contributed by atoms with Crippen molar-refractivity contribution in [2.45, 2.75) is 6.54 Å². The molecule has 4 rings (SSSR count). The Morgan fingerprint density at radius 3 is 2.78 bits per heavy atom. The molecule has 0 aliphatic rings. The van der Waals surface area contributed by atoms with Gasteiger partial charge in [0.25, 0.3) is 5.89 Å². The molecule has 0 saturated heterocycles. The Balaban J connectivity index is 1.68. The van der Waals surface area contributed by atoms with Crippen molar-refractivity contribution >= 4 is 11.3 Å². The second-order valence-corrected chi connectivity index (χ2v) is 5.37. The molecular weight excluding hydrogens is 320 g/mol. The van der Waals surface area contributed by atoms with Gasteiger partial charge in [-0.3, -0.25) is 4.52 Å². The average Bonchev–Trinajstić information content (AvgIpc) is 3.31. The highest BCUT2D eigenvalue weighted by molar-refractivity contribution is 7.13. The Kier molecular flexibility index (Phi) is 3.27. The predicted molar refractivity (Wildman–Crippen MR) is 78.5 cm³/mol. The summed E-state index contributed by atoms with van der Waals surface area (Å²) in [4.78, 5) is 25.1. The van der Waals surface area contributed by atoms with Crippen molar-refractivity contribution in [1.29, 1.82) is 0 Å². The third-order valence-corrected chi connectivity index (χ3v) is 3.81. The number of rotatable bonds is 4. The van der Waals surface area contributed by atoms with Crippen LogP contribution in [0.4, 0.5) is 0 Å². The van der Waals surface area contributed by atoms with Crippen molar-refractivity contribution in [1.82, 2.24) is 29.8 Å². The highest BCUT2D eigenvalue weighted by Crippen LogP contribution is 2.22. The van der Waals surface area contributed by atoms with Crippen LogP contribution in [0.3, 0.4) is 0 Å². The molecule has 114 valence electrons. The van der Waals surface area contributed by atoms with Crippen LogP contribution in [-0.2, 0) is 6.54 Å². The quantitative estimate of drug-likeness (QED) is 0.553. The summed E-state index contributed by atoms with van der Waals surface area (Å²) in [6, 6.07) is 5.43. The molecule has 0 N–H and O–H groups in total. The van der Waals surface area contributed by atoms with Crippen molar-refractivity contribution in [3.05, 3.63) is 52.3 Å². The maximum atomic E-state index is 11.8. The predicted octanol–water partition coefficient (Wildman–Crippen LogP) is 1.45. The van der Waals surface area contributed by atoms with E-state index in [4.69, 9.17) is 9.05 Å². The first kappa shape index (κ1) is 13.5. The van der Waals surface area contributed by atoms with E-state index in [2.05, 4.69) is 25.3 Å². The molecule has 0 atom stereocenters. The summed E-state index contributed by atoms with van der Waals surface area (Å²) in [5, 5.41) is 9.49. The molecule has 0 saturated carbocycles. The van der Waals surface area contributed by atoms with Crippen LogP contribution in [-0.4, -0.2) is 29.8 Å². The van der Waals surface area contributed by atoms with Gasteiger partial charge in [-0.25, -0.2) is 19.3 Å². The molecular formula is C13H8N6O3S. The van der Waals surface area contributed by atoms with E-state index in [0.717, 1.165) is 4.88 Å². The number of thiophene rings is 1. The molecule has 0 bridgehead atoms. The Labute approximate surface area is 132 Å². The molecule has 0 aromatic carbocycles. The van der Waals surface area contributed by atoms with Gasteiger partial charge in [-0.2, -0.15) is 4.98 Å². The molecule has 10 heteroatoms. The minimum absolute atomic E-state index is 0.0464. The van der Waals surface area contributed by atoms with Gasteiger partial charge in [0.05, 0.1) is 11.4 Å². The van der Waals surface area contributed by atoms with Crippen molar-refractivity contribution in [2.24, 2.45) is 0 Å². The van der Waals surface area contributed by atoms with Crippen LogP contribution in [0.25, 0.3) is 22.4 Å². The standard InChI is InChI=1S/C13H8N6O3S/c20-13-19(11(18-22-13)10-14-4-2-5-15-10)7-9-16-12(21-17-9)8-3-1-6-23-8/h1-6H,7H2. The number of hydrogen-bond acceptors (Lipinski definition) is 9. The first-order chi connectivity index (χ1) is 11.3. The molecule has 23 heavy (non-hydrogen) atoms. The molecule has 4 heterocycles. The molecule has 9 nitrogen and oxygen atoms in total. The minimum atomic E-state index is -0.644. The average molecular weight is 328 g/mol. The third kappa shape index (κ3) is 2.55. The van der Waals surface area contributed by atoms with E-state index < -0.39 is 5.76 Å². The third-order valence-electron chi connectivity index (χ3n) is 2.95. The Bertz CT molecular complexity index is 973. The molecule has 4 aromatic rings. The van der Waals surface area contributed by atoms with Crippen LogP contribution in [0, 0.1) is 0 Å². The smallest absolute Gasteiger partial charge is 0.333 e. The fourth-order valence-electron chi connectivity index (χ4n) is 1.94. The zero-order valence-electron chi connectivity index (χ0n) is 11.5. The van der Waals surface area contributed by atoms with Crippen LogP contribution in [0.1, 0.15) is 5.82 Å². The zero-order valence-corrected chi connectivity index (χ0v) is 12.3. The van der Waals surface area contributed by atoms with E-state index in [-0.39, 0.29) is 18.2 Å². The van der Waals surface area contributed by atoms with Crippen LogP contribution in [0.5, 0.6) is 0 Å². The Hall–Kier alpha value is -3.14. The van der Waals surface area contributed by atoms with Crippen molar-refractivity contribution < 1.29 is 9.05 Å². The van der Waals surface area contributed by atoms with Crippen LogP contribution < -0.4 is 5.76 Å². The van der Waals surface area contributed by atoms with Gasteiger partial charge in [-0.15, -0.1) is 11.3 Å². The Morgan fingerprint density at radius 1 is 1.13 bits per heavy atom. The van der Waals surface area contributed by atoms with Crippen molar-refractivity contribution in [3.63, 3.8) is 0 Å². The fraction of sp³-hybridized carbons (Fsp3) is 0.0769. The largest absolute Gasteiger partial charge is 0.442 e. The van der Waals surface area contributed by atoms with Crippen LogP contribution >= 0.6 is 11.3 Å². The molecule has 4 aromatic heterocycles. The SMILES string of the molecule is O=c1onc(-c2ncccn2)n1Cc1noc(-c2cccs2)n1. The van der Waals surface area contributed by atoms with Gasteiger partial charge in [0.2, 0.25) is 5.82 Å². The second-order valence-electron chi connectivity index (χ2n) is 4.42. The van der Waals surface area contributed by atoms with Gasteiger partial charge in [0.15, 0.2) is 11.6 Å². The highest BCUT2D eigenvalue weighted by Gasteiger charge is 2.18. The van der Waals surface area contributed by atoms with Crippen molar-refractivity contribution in [3.8, 4) is 22.4 Å². The summed E-state index contributed by atoms with van der Waals surface area (Å²) in [6.45, 7) is 0.0464. The highest BCUT2D eigenvalue weighted by atomic mass is 32.1. The molecule has 0 unspecified atom stereocenters. The number of hydrogen-bond donors (Lipinski definition) is 0. The van der Waals surface area contributed by atoms with Gasteiger partial charge in [0.1, 0.15) is 0 Å². The summed E-state index contributed by atoms with van der Waals surface area (Å²) < 4.78 is 11.1. The Morgan fingerprint density at radius 2 is 2.00 bits per heavy atom. The molecule has 0 spiro atoms. The van der Waals surface area contributed by atoms with E-state index in [0.29, 0.717) is 11.7 Å². The molecule has 0 radical (unpaired) electrons. The lowest BCUT2D eigenvalue weighted by molar-refractivity contribution is 0.375. The lowest BCUT2D eigenvalue weighted by Crippen LogP contribution is -2.17. The van der Waals surface area contributed by atoms with Gasteiger partial charge in [-0.1, -0.05) is 16.4 Å². The van der Waals surface area contributed by atoms with Gasteiger partial charge in [0, 0.05) is 12.4 Å². The lowest BCUT2D eigenvalue weighted by Gasteiger charge is -1.99. The molecule has 0 amide bonds.